The Morgan fingerprint density at radius 2 is 1.93 bits per heavy atom. The summed E-state index contributed by atoms with van der Waals surface area (Å²) in [5, 5.41) is 3.45. The molecule has 7 nitrogen and oxygen atoms in total. The predicted octanol–water partition coefficient (Wildman–Crippen LogP) is 2.96. The summed E-state index contributed by atoms with van der Waals surface area (Å²) in [5.74, 6) is -0.0127. The van der Waals surface area contributed by atoms with Crippen molar-refractivity contribution in [1.29, 1.82) is 0 Å². The van der Waals surface area contributed by atoms with Crippen molar-refractivity contribution in [3.63, 3.8) is 0 Å². The van der Waals surface area contributed by atoms with Gasteiger partial charge in [0.15, 0.2) is 5.84 Å². The maximum absolute atomic E-state index is 12.7. The van der Waals surface area contributed by atoms with Gasteiger partial charge in [0.05, 0.1) is 17.9 Å². The molecule has 2 aliphatic rings. The van der Waals surface area contributed by atoms with Crippen LogP contribution >= 0.6 is 11.6 Å². The lowest BCUT2D eigenvalue weighted by atomic mass is 10.2. The fourth-order valence-corrected chi connectivity index (χ4v) is 5.11. The van der Waals surface area contributed by atoms with Crippen LogP contribution in [-0.2, 0) is 14.8 Å². The van der Waals surface area contributed by atoms with Gasteiger partial charge in [0, 0.05) is 30.7 Å². The highest BCUT2D eigenvalue weighted by Crippen LogP contribution is 2.32. The Morgan fingerprint density at radius 3 is 2.69 bits per heavy atom. The van der Waals surface area contributed by atoms with Crippen LogP contribution in [0.3, 0.4) is 0 Å². The van der Waals surface area contributed by atoms with Crippen LogP contribution < -0.4 is 10.2 Å². The average Bonchev–Trinajstić information content (AvgIpc) is 3.29. The zero-order chi connectivity index (χ0) is 20.6. The van der Waals surface area contributed by atoms with Gasteiger partial charge in [0.25, 0.3) is 10.0 Å². The highest BCUT2D eigenvalue weighted by molar-refractivity contribution is 7.90. The molecule has 0 spiro atoms. The molecule has 1 fully saturated rings. The lowest BCUT2D eigenvalue weighted by molar-refractivity contribution is -0.116. The van der Waals surface area contributed by atoms with E-state index in [4.69, 9.17) is 11.6 Å². The molecule has 0 atom stereocenters. The summed E-state index contributed by atoms with van der Waals surface area (Å²) < 4.78 is 28.3. The standard InChI is InChI=1S/C20H21ClN4O3S/c1-24(20-15-6-2-3-7-18(15)29(27,28)23-20)13-19(26)22-16-12-14(21)8-9-17(16)25-10-4-5-11-25/h2-3,6-9,12H,4-5,10-11,13H2,1H3,(H,22,26). The molecule has 29 heavy (non-hydrogen) atoms. The number of hydrogen-bond donors (Lipinski definition) is 1. The molecule has 2 aromatic rings. The van der Waals surface area contributed by atoms with Crippen molar-refractivity contribution in [3.05, 3.63) is 53.1 Å². The molecule has 1 amide bonds. The van der Waals surface area contributed by atoms with Crippen LogP contribution in [0.5, 0.6) is 0 Å². The van der Waals surface area contributed by atoms with E-state index in [1.807, 2.05) is 12.1 Å². The molecule has 1 N–H and O–H groups in total. The molecule has 2 aromatic carbocycles. The highest BCUT2D eigenvalue weighted by Gasteiger charge is 2.31. The Labute approximate surface area is 175 Å². The van der Waals surface area contributed by atoms with Crippen LogP contribution in [0.25, 0.3) is 0 Å². The molecule has 0 saturated carbocycles. The molecule has 9 heteroatoms. The number of anilines is 2. The van der Waals surface area contributed by atoms with E-state index in [1.54, 1.807) is 36.2 Å². The minimum absolute atomic E-state index is 0.0470. The van der Waals surface area contributed by atoms with Gasteiger partial charge >= 0.3 is 0 Å². The first-order valence-corrected chi connectivity index (χ1v) is 11.2. The molecule has 0 unspecified atom stereocenters. The zero-order valence-electron chi connectivity index (χ0n) is 15.9. The largest absolute Gasteiger partial charge is 0.370 e. The van der Waals surface area contributed by atoms with Crippen LogP contribution in [0.15, 0.2) is 51.8 Å². The third-order valence-corrected chi connectivity index (χ3v) is 6.59. The van der Waals surface area contributed by atoms with Crippen molar-refractivity contribution in [1.82, 2.24) is 4.90 Å². The molecule has 0 aliphatic carbocycles. The van der Waals surface area contributed by atoms with E-state index in [0.29, 0.717) is 16.3 Å². The van der Waals surface area contributed by atoms with Crippen molar-refractivity contribution in [2.45, 2.75) is 17.7 Å². The van der Waals surface area contributed by atoms with Gasteiger partial charge in [0.1, 0.15) is 4.90 Å². The molecular formula is C20H21ClN4O3S. The number of sulfonamides is 1. The van der Waals surface area contributed by atoms with Crippen molar-refractivity contribution in [2.24, 2.45) is 4.40 Å². The number of nitrogens with one attached hydrogen (secondary N) is 1. The number of amidine groups is 1. The topological polar surface area (TPSA) is 82.1 Å². The number of fused-ring (bicyclic) bond motifs is 1. The summed E-state index contributed by atoms with van der Waals surface area (Å²) in [6, 6.07) is 12.1. The third-order valence-electron chi connectivity index (χ3n) is 5.03. The molecule has 2 heterocycles. The summed E-state index contributed by atoms with van der Waals surface area (Å²) in [4.78, 5) is 16.6. The zero-order valence-corrected chi connectivity index (χ0v) is 17.5. The highest BCUT2D eigenvalue weighted by atomic mass is 35.5. The van der Waals surface area contributed by atoms with Gasteiger partial charge in [-0.2, -0.15) is 8.42 Å². The third kappa shape index (κ3) is 3.95. The molecule has 0 radical (unpaired) electrons. The number of carbonyl (C=O) groups is 1. The first kappa shape index (κ1) is 19.7. The second-order valence-corrected chi connectivity index (χ2v) is 9.15. The molecule has 1 saturated heterocycles. The van der Waals surface area contributed by atoms with E-state index >= 15 is 0 Å². The maximum atomic E-state index is 12.7. The number of hydrogen-bond acceptors (Lipinski definition) is 5. The molecule has 0 aromatic heterocycles. The van der Waals surface area contributed by atoms with Crippen molar-refractivity contribution < 1.29 is 13.2 Å². The number of likely N-dealkylation sites (N-methyl/N-ethyl adjacent to an activating group) is 1. The Morgan fingerprint density at radius 1 is 1.21 bits per heavy atom. The molecule has 4 rings (SSSR count). The van der Waals surface area contributed by atoms with Crippen molar-refractivity contribution in [2.75, 3.05) is 36.9 Å². The Balaban J connectivity index is 1.52. The minimum atomic E-state index is -3.73. The maximum Gasteiger partial charge on any atom is 0.285 e. The minimum Gasteiger partial charge on any atom is -0.370 e. The number of halogens is 1. The van der Waals surface area contributed by atoms with Crippen LogP contribution in [0.2, 0.25) is 5.02 Å². The Kier molecular flexibility index (Phi) is 5.23. The van der Waals surface area contributed by atoms with Gasteiger partial charge in [-0.1, -0.05) is 23.7 Å². The fourth-order valence-electron chi connectivity index (χ4n) is 3.69. The normalized spacial score (nSPS) is 17.0. The number of nitrogens with zero attached hydrogens (tertiary/aromatic N) is 3. The van der Waals surface area contributed by atoms with Crippen LogP contribution in [-0.4, -0.2) is 51.7 Å². The van der Waals surface area contributed by atoms with E-state index in [2.05, 4.69) is 14.6 Å². The summed E-state index contributed by atoms with van der Waals surface area (Å²) in [7, 11) is -2.08. The van der Waals surface area contributed by atoms with Gasteiger partial charge in [-0.15, -0.1) is 4.40 Å². The van der Waals surface area contributed by atoms with E-state index < -0.39 is 10.0 Å². The second kappa shape index (κ2) is 7.68. The van der Waals surface area contributed by atoms with Crippen LogP contribution in [0.1, 0.15) is 18.4 Å². The SMILES string of the molecule is CN(CC(=O)Nc1cc(Cl)ccc1N1CCCC1)C1=NS(=O)(=O)c2ccccc21. The Hall–Kier alpha value is -2.58. The average molecular weight is 433 g/mol. The fraction of sp³-hybridized carbons (Fsp3) is 0.300. The summed E-state index contributed by atoms with van der Waals surface area (Å²) in [5.41, 5.74) is 2.09. The lowest BCUT2D eigenvalue weighted by Crippen LogP contribution is -2.35. The van der Waals surface area contributed by atoms with Gasteiger partial charge in [0.2, 0.25) is 5.91 Å². The lowest BCUT2D eigenvalue weighted by Gasteiger charge is -2.23. The van der Waals surface area contributed by atoms with E-state index in [1.165, 1.54) is 6.07 Å². The molecule has 152 valence electrons. The van der Waals surface area contributed by atoms with Crippen LogP contribution in [0, 0.1) is 0 Å². The number of carbonyl (C=O) groups excluding carboxylic acids is 1. The summed E-state index contributed by atoms with van der Waals surface area (Å²) >= 11 is 6.14. The van der Waals surface area contributed by atoms with Gasteiger partial charge in [-0.25, -0.2) is 0 Å². The van der Waals surface area contributed by atoms with Gasteiger partial charge < -0.3 is 15.1 Å². The van der Waals surface area contributed by atoms with Gasteiger partial charge in [-0.3, -0.25) is 4.79 Å². The van der Waals surface area contributed by atoms with E-state index in [9.17, 15) is 13.2 Å². The molecule has 0 bridgehead atoms. The monoisotopic (exact) mass is 432 g/mol. The van der Waals surface area contributed by atoms with Gasteiger partial charge in [-0.05, 0) is 43.2 Å². The van der Waals surface area contributed by atoms with E-state index in [-0.39, 0.29) is 23.2 Å². The van der Waals surface area contributed by atoms with E-state index in [0.717, 1.165) is 31.6 Å². The molecular weight excluding hydrogens is 412 g/mol. The first-order chi connectivity index (χ1) is 13.8. The predicted molar refractivity (Wildman–Crippen MR) is 114 cm³/mol. The smallest absolute Gasteiger partial charge is 0.285 e. The number of rotatable bonds is 4. The first-order valence-electron chi connectivity index (χ1n) is 9.35. The quantitative estimate of drug-likeness (QED) is 0.803. The number of amides is 1. The van der Waals surface area contributed by atoms with Crippen molar-refractivity contribution in [3.8, 4) is 0 Å². The van der Waals surface area contributed by atoms with Crippen molar-refractivity contribution >= 4 is 44.7 Å². The second-order valence-electron chi connectivity index (χ2n) is 7.15. The molecule has 2 aliphatic heterocycles. The van der Waals surface area contributed by atoms with Crippen LogP contribution in [0.4, 0.5) is 11.4 Å². The Bertz CT molecular complexity index is 1090. The summed E-state index contributed by atoms with van der Waals surface area (Å²) in [6.07, 6.45) is 2.24. The number of benzene rings is 2. The summed E-state index contributed by atoms with van der Waals surface area (Å²) in [6.45, 7) is 1.83.